The van der Waals surface area contributed by atoms with Gasteiger partial charge in [0, 0.05) is 29.5 Å². The van der Waals surface area contributed by atoms with Gasteiger partial charge in [0.2, 0.25) is 0 Å². The molecule has 0 bridgehead atoms. The molecule has 0 saturated carbocycles. The van der Waals surface area contributed by atoms with Crippen LogP contribution >= 0.6 is 12.2 Å². The van der Waals surface area contributed by atoms with Gasteiger partial charge in [-0.25, -0.2) is 0 Å². The highest BCUT2D eigenvalue weighted by atomic mass is 32.1. The monoisotopic (exact) mass is 474 g/mol. The maximum atomic E-state index is 5.93. The predicted octanol–water partition coefficient (Wildman–Crippen LogP) is 6.82. The molecule has 1 fully saturated rings. The summed E-state index contributed by atoms with van der Waals surface area (Å²) in [5.41, 5.74) is 6.85. The molecule has 5 aromatic rings. The Kier molecular flexibility index (Phi) is 5.34. The number of anilines is 1. The molecule has 0 amide bonds. The average Bonchev–Trinajstić information content (AvgIpc) is 3.50. The molecule has 35 heavy (non-hydrogen) atoms. The lowest BCUT2D eigenvalue weighted by molar-refractivity contribution is 0.549. The van der Waals surface area contributed by atoms with E-state index in [9.17, 15) is 0 Å². The normalized spacial score (nSPS) is 17.7. The Morgan fingerprint density at radius 2 is 1.57 bits per heavy atom. The highest BCUT2D eigenvalue weighted by Crippen LogP contribution is 2.42. The minimum atomic E-state index is -0.0839. The van der Waals surface area contributed by atoms with E-state index in [1.54, 1.807) is 0 Å². The topological polar surface area (TPSA) is 33.1 Å². The van der Waals surface area contributed by atoms with E-state index >= 15 is 0 Å². The standard InChI is InChI=1S/C30H26N4S/c1-20-12-14-25(18-21(20)2)34-29(28(32-30(34)35)26-10-5-6-16-31-26)27-11-7-17-33(27)24-15-13-22-8-3-4-9-23(22)19-24/h3-19,28-29H,1-2H3,(H,32,35)/t28-,29-/m1/s1. The van der Waals surface area contributed by atoms with Gasteiger partial charge in [-0.05, 0) is 96.5 Å². The number of hydrogen-bond acceptors (Lipinski definition) is 2. The van der Waals surface area contributed by atoms with Gasteiger partial charge in [0.15, 0.2) is 5.11 Å². The molecule has 4 nitrogen and oxygen atoms in total. The largest absolute Gasteiger partial charge is 0.351 e. The van der Waals surface area contributed by atoms with Crippen molar-refractivity contribution in [3.8, 4) is 5.69 Å². The molecule has 0 unspecified atom stereocenters. The summed E-state index contributed by atoms with van der Waals surface area (Å²) in [6.07, 6.45) is 3.98. The first-order chi connectivity index (χ1) is 17.1. The van der Waals surface area contributed by atoms with Crippen molar-refractivity contribution in [2.75, 3.05) is 4.90 Å². The summed E-state index contributed by atoms with van der Waals surface area (Å²) >= 11 is 5.93. The van der Waals surface area contributed by atoms with Gasteiger partial charge in [-0.15, -0.1) is 0 Å². The molecular weight excluding hydrogens is 448 g/mol. The smallest absolute Gasteiger partial charge is 0.174 e. The Balaban J connectivity index is 1.52. The van der Waals surface area contributed by atoms with Gasteiger partial charge >= 0.3 is 0 Å². The summed E-state index contributed by atoms with van der Waals surface area (Å²) < 4.78 is 2.27. The van der Waals surface area contributed by atoms with E-state index in [4.69, 9.17) is 17.2 Å². The van der Waals surface area contributed by atoms with Crippen LogP contribution in [0.5, 0.6) is 0 Å². The number of nitrogens with one attached hydrogen (secondary N) is 1. The van der Waals surface area contributed by atoms with Crippen molar-refractivity contribution in [1.29, 1.82) is 0 Å². The fraction of sp³-hybridized carbons (Fsp3) is 0.133. The highest BCUT2D eigenvalue weighted by Gasteiger charge is 2.42. The fourth-order valence-corrected chi connectivity index (χ4v) is 5.35. The quantitative estimate of drug-likeness (QED) is 0.290. The van der Waals surface area contributed by atoms with Crippen molar-refractivity contribution < 1.29 is 0 Å². The molecule has 0 spiro atoms. The third-order valence-corrected chi connectivity index (χ3v) is 7.28. The zero-order valence-corrected chi connectivity index (χ0v) is 20.5. The van der Waals surface area contributed by atoms with Gasteiger partial charge < -0.3 is 14.8 Å². The fourth-order valence-electron chi connectivity index (χ4n) is 5.01. The number of rotatable bonds is 4. The Bertz CT molecular complexity index is 1540. The van der Waals surface area contributed by atoms with Gasteiger partial charge in [-0.1, -0.05) is 42.5 Å². The lowest BCUT2D eigenvalue weighted by Gasteiger charge is -2.29. The van der Waals surface area contributed by atoms with Crippen molar-refractivity contribution in [3.05, 3.63) is 126 Å². The second-order valence-electron chi connectivity index (χ2n) is 9.10. The van der Waals surface area contributed by atoms with E-state index < -0.39 is 0 Å². The van der Waals surface area contributed by atoms with Gasteiger partial charge in [-0.3, -0.25) is 4.98 Å². The summed E-state index contributed by atoms with van der Waals surface area (Å²) in [5.74, 6) is 0. The van der Waals surface area contributed by atoms with Crippen LogP contribution in [0.15, 0.2) is 103 Å². The Labute approximate surface area is 210 Å². The van der Waals surface area contributed by atoms with Crippen LogP contribution in [0, 0.1) is 13.8 Å². The number of hydrogen-bond donors (Lipinski definition) is 1. The van der Waals surface area contributed by atoms with Gasteiger partial charge in [-0.2, -0.15) is 0 Å². The molecule has 2 aromatic heterocycles. The highest BCUT2D eigenvalue weighted by molar-refractivity contribution is 7.80. The van der Waals surface area contributed by atoms with E-state index in [1.807, 2.05) is 18.3 Å². The Hall–Kier alpha value is -3.96. The third kappa shape index (κ3) is 3.78. The second-order valence-corrected chi connectivity index (χ2v) is 9.49. The van der Waals surface area contributed by atoms with E-state index in [2.05, 4.69) is 114 Å². The van der Waals surface area contributed by atoms with Crippen molar-refractivity contribution in [2.24, 2.45) is 0 Å². The van der Waals surface area contributed by atoms with Crippen LogP contribution in [-0.4, -0.2) is 14.7 Å². The molecule has 1 aliphatic rings. The van der Waals surface area contributed by atoms with E-state index in [-0.39, 0.29) is 12.1 Å². The molecule has 3 aromatic carbocycles. The first-order valence-electron chi connectivity index (χ1n) is 11.8. The number of nitrogens with zero attached hydrogens (tertiary/aromatic N) is 3. The predicted molar refractivity (Wildman–Crippen MR) is 147 cm³/mol. The van der Waals surface area contributed by atoms with Crippen LogP contribution in [0.1, 0.15) is 34.6 Å². The molecule has 3 heterocycles. The third-order valence-electron chi connectivity index (χ3n) is 6.96. The summed E-state index contributed by atoms with van der Waals surface area (Å²) in [6, 6.07) is 31.8. The lowest BCUT2D eigenvalue weighted by Crippen LogP contribution is -2.30. The van der Waals surface area contributed by atoms with E-state index in [1.165, 1.54) is 21.9 Å². The molecule has 2 atom stereocenters. The summed E-state index contributed by atoms with van der Waals surface area (Å²) in [6.45, 7) is 4.28. The van der Waals surface area contributed by atoms with Crippen LogP contribution in [0.4, 0.5) is 5.69 Å². The average molecular weight is 475 g/mol. The molecule has 0 aliphatic carbocycles. The second kappa shape index (κ2) is 8.67. The molecular formula is C30H26N4S. The Morgan fingerprint density at radius 3 is 2.37 bits per heavy atom. The van der Waals surface area contributed by atoms with Crippen molar-refractivity contribution >= 4 is 33.8 Å². The number of aromatic nitrogens is 2. The maximum Gasteiger partial charge on any atom is 0.174 e. The summed E-state index contributed by atoms with van der Waals surface area (Å²) in [7, 11) is 0. The number of fused-ring (bicyclic) bond motifs is 1. The molecule has 172 valence electrons. The molecule has 5 heteroatoms. The van der Waals surface area contributed by atoms with Gasteiger partial charge in [0.25, 0.3) is 0 Å². The van der Waals surface area contributed by atoms with E-state index in [0.29, 0.717) is 5.11 Å². The number of pyridine rings is 1. The molecule has 1 aliphatic heterocycles. The van der Waals surface area contributed by atoms with Crippen LogP contribution in [0.25, 0.3) is 16.5 Å². The number of benzene rings is 3. The van der Waals surface area contributed by atoms with Gasteiger partial charge in [0.1, 0.15) is 6.04 Å². The minimum absolute atomic E-state index is 0.0685. The first kappa shape index (κ1) is 21.6. The van der Waals surface area contributed by atoms with E-state index in [0.717, 1.165) is 22.8 Å². The molecule has 0 radical (unpaired) electrons. The minimum Gasteiger partial charge on any atom is -0.351 e. The van der Waals surface area contributed by atoms with Crippen LogP contribution in [0.3, 0.4) is 0 Å². The van der Waals surface area contributed by atoms with Crippen molar-refractivity contribution in [2.45, 2.75) is 25.9 Å². The first-order valence-corrected chi connectivity index (χ1v) is 12.3. The van der Waals surface area contributed by atoms with Crippen LogP contribution in [-0.2, 0) is 0 Å². The van der Waals surface area contributed by atoms with Crippen LogP contribution < -0.4 is 10.2 Å². The lowest BCUT2D eigenvalue weighted by atomic mass is 10.00. The zero-order chi connectivity index (χ0) is 23.9. The summed E-state index contributed by atoms with van der Waals surface area (Å²) in [5, 5.41) is 6.74. The zero-order valence-electron chi connectivity index (χ0n) is 19.7. The molecule has 1 N–H and O–H groups in total. The van der Waals surface area contributed by atoms with Crippen molar-refractivity contribution in [1.82, 2.24) is 14.9 Å². The number of thiocarbonyl (C=S) groups is 1. The van der Waals surface area contributed by atoms with Crippen molar-refractivity contribution in [3.63, 3.8) is 0 Å². The molecule has 1 saturated heterocycles. The summed E-state index contributed by atoms with van der Waals surface area (Å²) in [4.78, 5) is 6.94. The SMILES string of the molecule is Cc1ccc(N2C(=S)N[C@H](c3ccccn3)[C@H]2c2cccn2-c2ccc3ccccc3c2)cc1C. The Morgan fingerprint density at radius 1 is 0.771 bits per heavy atom. The number of aryl methyl sites for hydroxylation is 2. The van der Waals surface area contributed by atoms with Crippen LogP contribution in [0.2, 0.25) is 0 Å². The maximum absolute atomic E-state index is 5.93. The van der Waals surface area contributed by atoms with Gasteiger partial charge in [0.05, 0.1) is 11.7 Å². The molecule has 6 rings (SSSR count).